The van der Waals surface area contributed by atoms with Crippen molar-refractivity contribution in [3.8, 4) is 0 Å². The summed E-state index contributed by atoms with van der Waals surface area (Å²) >= 11 is 0. The molecule has 1 aliphatic rings. The first kappa shape index (κ1) is 14.4. The summed E-state index contributed by atoms with van der Waals surface area (Å²) in [4.78, 5) is 2.52. The molecule has 0 spiro atoms. The van der Waals surface area contributed by atoms with Crippen LogP contribution in [0.15, 0.2) is 24.3 Å². The Kier molecular flexibility index (Phi) is 5.23. The standard InChI is InChI=1S/C16H26N2O/c1-13(17-2)15-8-4-5-9-16(15)18-10-6-7-14(11-18)12-19-3/h4-5,8-9,13-14,17H,6-7,10-12H2,1-3H3. The van der Waals surface area contributed by atoms with Crippen molar-refractivity contribution in [1.82, 2.24) is 5.32 Å². The fraction of sp³-hybridized carbons (Fsp3) is 0.625. The normalized spacial score (nSPS) is 21.4. The summed E-state index contributed by atoms with van der Waals surface area (Å²) in [6.45, 7) is 5.37. The van der Waals surface area contributed by atoms with E-state index in [-0.39, 0.29) is 0 Å². The van der Waals surface area contributed by atoms with E-state index in [1.165, 1.54) is 24.1 Å². The number of nitrogens with zero attached hydrogens (tertiary/aromatic N) is 1. The van der Waals surface area contributed by atoms with Gasteiger partial charge in [-0.25, -0.2) is 0 Å². The van der Waals surface area contributed by atoms with Crippen molar-refractivity contribution in [3.05, 3.63) is 29.8 Å². The fourth-order valence-corrected chi connectivity index (χ4v) is 2.95. The molecule has 1 aliphatic heterocycles. The summed E-state index contributed by atoms with van der Waals surface area (Å²) in [5.41, 5.74) is 2.77. The molecule has 1 N–H and O–H groups in total. The summed E-state index contributed by atoms with van der Waals surface area (Å²) in [6.07, 6.45) is 2.55. The monoisotopic (exact) mass is 262 g/mol. The lowest BCUT2D eigenvalue weighted by molar-refractivity contribution is 0.143. The Morgan fingerprint density at radius 1 is 1.42 bits per heavy atom. The SMILES string of the molecule is CNC(C)c1ccccc1N1CCCC(COC)C1. The van der Waals surface area contributed by atoms with Crippen molar-refractivity contribution in [2.24, 2.45) is 5.92 Å². The summed E-state index contributed by atoms with van der Waals surface area (Å²) in [6, 6.07) is 9.14. The van der Waals surface area contributed by atoms with E-state index in [4.69, 9.17) is 4.74 Å². The number of para-hydroxylation sites is 1. The highest BCUT2D eigenvalue weighted by atomic mass is 16.5. The van der Waals surface area contributed by atoms with Crippen LogP contribution in [0.25, 0.3) is 0 Å². The summed E-state index contributed by atoms with van der Waals surface area (Å²) in [5.74, 6) is 0.664. The van der Waals surface area contributed by atoms with E-state index in [0.29, 0.717) is 12.0 Å². The summed E-state index contributed by atoms with van der Waals surface area (Å²) < 4.78 is 5.33. The molecule has 19 heavy (non-hydrogen) atoms. The molecule has 3 nitrogen and oxygen atoms in total. The third kappa shape index (κ3) is 3.48. The smallest absolute Gasteiger partial charge is 0.0507 e. The van der Waals surface area contributed by atoms with Crippen LogP contribution in [0.2, 0.25) is 0 Å². The Hall–Kier alpha value is -1.06. The van der Waals surface area contributed by atoms with Crippen LogP contribution in [0, 0.1) is 5.92 Å². The fourth-order valence-electron chi connectivity index (χ4n) is 2.95. The largest absolute Gasteiger partial charge is 0.384 e. The van der Waals surface area contributed by atoms with Crippen LogP contribution < -0.4 is 10.2 Å². The van der Waals surface area contributed by atoms with Gasteiger partial charge in [-0.2, -0.15) is 0 Å². The molecular weight excluding hydrogens is 236 g/mol. The number of anilines is 1. The van der Waals surface area contributed by atoms with E-state index in [9.17, 15) is 0 Å². The van der Waals surface area contributed by atoms with Crippen molar-refractivity contribution in [1.29, 1.82) is 0 Å². The highest BCUT2D eigenvalue weighted by Crippen LogP contribution is 2.29. The zero-order valence-electron chi connectivity index (χ0n) is 12.4. The van der Waals surface area contributed by atoms with E-state index in [2.05, 4.69) is 41.4 Å². The predicted octanol–water partition coefficient (Wildman–Crippen LogP) is 2.83. The maximum Gasteiger partial charge on any atom is 0.0507 e. The average Bonchev–Trinajstić information content (AvgIpc) is 2.47. The molecule has 0 amide bonds. The van der Waals surface area contributed by atoms with Gasteiger partial charge in [-0.05, 0) is 44.4 Å². The van der Waals surface area contributed by atoms with E-state index < -0.39 is 0 Å². The topological polar surface area (TPSA) is 24.5 Å². The zero-order valence-corrected chi connectivity index (χ0v) is 12.4. The van der Waals surface area contributed by atoms with Crippen molar-refractivity contribution >= 4 is 5.69 Å². The summed E-state index contributed by atoms with van der Waals surface area (Å²) in [5, 5.41) is 3.35. The van der Waals surface area contributed by atoms with Gasteiger partial charge >= 0.3 is 0 Å². The molecular formula is C16H26N2O. The first-order valence-electron chi connectivity index (χ1n) is 7.26. The van der Waals surface area contributed by atoms with Gasteiger partial charge in [0.05, 0.1) is 6.61 Å². The highest BCUT2D eigenvalue weighted by molar-refractivity contribution is 5.55. The number of rotatable bonds is 5. The lowest BCUT2D eigenvalue weighted by Crippen LogP contribution is -2.38. The molecule has 1 saturated heterocycles. The Bertz CT molecular complexity index is 392. The number of hydrogen-bond acceptors (Lipinski definition) is 3. The van der Waals surface area contributed by atoms with Gasteiger partial charge in [-0.1, -0.05) is 18.2 Å². The Balaban J connectivity index is 2.16. The number of piperidine rings is 1. The van der Waals surface area contributed by atoms with E-state index in [1.807, 2.05) is 7.05 Å². The first-order chi connectivity index (χ1) is 9.26. The van der Waals surface area contributed by atoms with E-state index in [1.54, 1.807) is 7.11 Å². The molecule has 3 heteroatoms. The minimum Gasteiger partial charge on any atom is -0.384 e. The number of nitrogens with one attached hydrogen (secondary N) is 1. The van der Waals surface area contributed by atoms with Crippen LogP contribution >= 0.6 is 0 Å². The van der Waals surface area contributed by atoms with Gasteiger partial charge in [0, 0.05) is 31.9 Å². The molecule has 1 aromatic rings. The maximum absolute atomic E-state index is 5.33. The van der Waals surface area contributed by atoms with Gasteiger partial charge in [0.1, 0.15) is 0 Å². The molecule has 2 atom stereocenters. The molecule has 0 radical (unpaired) electrons. The second-order valence-corrected chi connectivity index (χ2v) is 5.48. The van der Waals surface area contributed by atoms with Crippen molar-refractivity contribution in [2.75, 3.05) is 38.8 Å². The van der Waals surface area contributed by atoms with Gasteiger partial charge in [-0.15, -0.1) is 0 Å². The highest BCUT2D eigenvalue weighted by Gasteiger charge is 2.22. The van der Waals surface area contributed by atoms with Crippen LogP contribution in [0.5, 0.6) is 0 Å². The minimum atomic E-state index is 0.388. The summed E-state index contributed by atoms with van der Waals surface area (Å²) in [7, 11) is 3.82. The Morgan fingerprint density at radius 2 is 2.21 bits per heavy atom. The van der Waals surface area contributed by atoms with Crippen LogP contribution in [-0.2, 0) is 4.74 Å². The lowest BCUT2D eigenvalue weighted by Gasteiger charge is -2.36. The molecule has 1 heterocycles. The van der Waals surface area contributed by atoms with Crippen LogP contribution in [0.1, 0.15) is 31.4 Å². The lowest BCUT2D eigenvalue weighted by atomic mass is 9.96. The van der Waals surface area contributed by atoms with Gasteiger partial charge in [0.2, 0.25) is 0 Å². The first-order valence-corrected chi connectivity index (χ1v) is 7.26. The molecule has 1 fully saturated rings. The molecule has 2 rings (SSSR count). The third-order valence-electron chi connectivity index (χ3n) is 4.10. The van der Waals surface area contributed by atoms with Crippen LogP contribution in [0.4, 0.5) is 5.69 Å². The third-order valence-corrected chi connectivity index (χ3v) is 4.10. The number of benzene rings is 1. The predicted molar refractivity (Wildman–Crippen MR) is 80.7 cm³/mol. The molecule has 0 aromatic heterocycles. The zero-order chi connectivity index (χ0) is 13.7. The molecule has 0 bridgehead atoms. The van der Waals surface area contributed by atoms with Crippen LogP contribution in [-0.4, -0.2) is 33.9 Å². The number of ether oxygens (including phenoxy) is 1. The van der Waals surface area contributed by atoms with Crippen molar-refractivity contribution in [3.63, 3.8) is 0 Å². The molecule has 106 valence electrons. The number of methoxy groups -OCH3 is 1. The number of hydrogen-bond donors (Lipinski definition) is 1. The average molecular weight is 262 g/mol. The van der Waals surface area contributed by atoms with Gasteiger partial charge in [0.25, 0.3) is 0 Å². The molecule has 1 aromatic carbocycles. The van der Waals surface area contributed by atoms with Gasteiger partial charge < -0.3 is 15.0 Å². The maximum atomic E-state index is 5.33. The van der Waals surface area contributed by atoms with E-state index in [0.717, 1.165) is 19.7 Å². The van der Waals surface area contributed by atoms with Crippen molar-refractivity contribution in [2.45, 2.75) is 25.8 Å². The van der Waals surface area contributed by atoms with Crippen LogP contribution in [0.3, 0.4) is 0 Å². The second kappa shape index (κ2) is 6.92. The van der Waals surface area contributed by atoms with Crippen molar-refractivity contribution < 1.29 is 4.74 Å². The molecule has 2 unspecified atom stereocenters. The second-order valence-electron chi connectivity index (χ2n) is 5.48. The Labute approximate surface area is 116 Å². The Morgan fingerprint density at radius 3 is 2.95 bits per heavy atom. The minimum absolute atomic E-state index is 0.388. The molecule has 0 saturated carbocycles. The molecule has 0 aliphatic carbocycles. The van der Waals surface area contributed by atoms with E-state index >= 15 is 0 Å². The quantitative estimate of drug-likeness (QED) is 0.883. The van der Waals surface area contributed by atoms with Gasteiger partial charge in [0.15, 0.2) is 0 Å². The van der Waals surface area contributed by atoms with Gasteiger partial charge in [-0.3, -0.25) is 0 Å².